The summed E-state index contributed by atoms with van der Waals surface area (Å²) < 4.78 is 36.1. The quantitative estimate of drug-likeness (QED) is 0.361. The maximum atomic E-state index is 14.6. The molecule has 0 bridgehead atoms. The van der Waals surface area contributed by atoms with Gasteiger partial charge in [0.1, 0.15) is 6.10 Å². The third-order valence-electron chi connectivity index (χ3n) is 7.66. The number of benzene rings is 1. The van der Waals surface area contributed by atoms with Crippen LogP contribution in [0.5, 0.6) is 6.01 Å². The third kappa shape index (κ3) is 4.44. The molecule has 1 aliphatic heterocycles. The fourth-order valence-corrected chi connectivity index (χ4v) is 5.75. The summed E-state index contributed by atoms with van der Waals surface area (Å²) >= 11 is 0. The average molecular weight is 519 g/mol. The lowest BCUT2D eigenvalue weighted by Crippen LogP contribution is -2.40. The highest BCUT2D eigenvalue weighted by atomic mass is 19.2. The Morgan fingerprint density at radius 3 is 2.61 bits per heavy atom. The van der Waals surface area contributed by atoms with Gasteiger partial charge in [-0.25, -0.2) is 23.5 Å². The molecule has 1 amide bonds. The van der Waals surface area contributed by atoms with Gasteiger partial charge in [0.15, 0.2) is 17.3 Å². The predicted octanol–water partition coefficient (Wildman–Crippen LogP) is 4.81. The number of amides is 1. The summed E-state index contributed by atoms with van der Waals surface area (Å²) in [5, 5.41) is 12.5. The number of carbonyl (C=O) groups excluding carboxylic acids is 1. The molecular formula is C28H26F2N5O3-. The Bertz CT molecular complexity index is 1480. The SMILES string of the molecule is O=C(O[C@@H]1CC[C@@H](c2cccc(F)c2F)Cc2cccnc21)N1CCC(n2c([O-])nc3ncccc32)CC1. The highest BCUT2D eigenvalue weighted by molar-refractivity contribution is 5.72. The molecule has 2 atom stereocenters. The molecule has 1 aliphatic carbocycles. The number of carbonyl (C=O) groups is 1. The van der Waals surface area contributed by atoms with Gasteiger partial charge < -0.3 is 19.3 Å². The Kier molecular flexibility index (Phi) is 6.39. The van der Waals surface area contributed by atoms with Gasteiger partial charge in [-0.2, -0.15) is 0 Å². The van der Waals surface area contributed by atoms with Crippen molar-refractivity contribution < 1.29 is 23.4 Å². The molecule has 6 rings (SSSR count). The van der Waals surface area contributed by atoms with E-state index in [1.54, 1.807) is 40.1 Å². The van der Waals surface area contributed by atoms with E-state index < -0.39 is 23.8 Å². The first-order chi connectivity index (χ1) is 18.5. The van der Waals surface area contributed by atoms with Gasteiger partial charge in [0.2, 0.25) is 0 Å². The molecule has 3 aromatic heterocycles. The molecule has 0 saturated carbocycles. The summed E-state index contributed by atoms with van der Waals surface area (Å²) in [5.41, 5.74) is 2.97. The number of aromatic nitrogens is 4. The molecule has 196 valence electrons. The number of imidazole rings is 1. The number of hydrogen-bond donors (Lipinski definition) is 0. The lowest BCUT2D eigenvalue weighted by atomic mass is 9.90. The number of rotatable bonds is 3. The lowest BCUT2D eigenvalue weighted by Gasteiger charge is -2.34. The van der Waals surface area contributed by atoms with E-state index in [0.717, 1.165) is 11.6 Å². The predicted molar refractivity (Wildman–Crippen MR) is 132 cm³/mol. The van der Waals surface area contributed by atoms with Gasteiger partial charge in [0, 0.05) is 31.5 Å². The Hall–Kier alpha value is -4.08. The Morgan fingerprint density at radius 1 is 0.974 bits per heavy atom. The van der Waals surface area contributed by atoms with Crippen molar-refractivity contribution in [3.63, 3.8) is 0 Å². The van der Waals surface area contributed by atoms with Gasteiger partial charge in [-0.1, -0.05) is 18.2 Å². The van der Waals surface area contributed by atoms with E-state index in [-0.39, 0.29) is 18.0 Å². The second-order valence-electron chi connectivity index (χ2n) is 9.87. The van der Waals surface area contributed by atoms with Crippen LogP contribution in [0.2, 0.25) is 0 Å². The Labute approximate surface area is 217 Å². The minimum Gasteiger partial charge on any atom is -0.846 e. The van der Waals surface area contributed by atoms with E-state index in [4.69, 9.17) is 4.74 Å². The van der Waals surface area contributed by atoms with Crippen LogP contribution in [0.1, 0.15) is 60.6 Å². The molecular weight excluding hydrogens is 492 g/mol. The van der Waals surface area contributed by atoms with Crippen molar-refractivity contribution in [2.75, 3.05) is 13.1 Å². The average Bonchev–Trinajstić information content (AvgIpc) is 3.16. The molecule has 1 fully saturated rings. The van der Waals surface area contributed by atoms with Crippen LogP contribution in [-0.4, -0.2) is 43.6 Å². The molecule has 10 heteroatoms. The number of piperidine rings is 1. The summed E-state index contributed by atoms with van der Waals surface area (Å²) in [6.45, 7) is 0.865. The largest absolute Gasteiger partial charge is 0.846 e. The zero-order valence-electron chi connectivity index (χ0n) is 20.6. The molecule has 2 aliphatic rings. The first kappa shape index (κ1) is 24.3. The topological polar surface area (TPSA) is 96.2 Å². The number of hydrogen-bond acceptors (Lipinski definition) is 6. The van der Waals surface area contributed by atoms with Crippen LogP contribution in [0.4, 0.5) is 13.6 Å². The normalized spacial score (nSPS) is 20.2. The monoisotopic (exact) mass is 518 g/mol. The molecule has 4 aromatic rings. The summed E-state index contributed by atoms with van der Waals surface area (Å²) in [5.74, 6) is -1.95. The van der Waals surface area contributed by atoms with Crippen molar-refractivity contribution in [1.82, 2.24) is 24.4 Å². The van der Waals surface area contributed by atoms with Gasteiger partial charge in [-0.3, -0.25) is 4.98 Å². The molecule has 4 heterocycles. The summed E-state index contributed by atoms with van der Waals surface area (Å²) in [4.78, 5) is 27.5. The van der Waals surface area contributed by atoms with E-state index >= 15 is 0 Å². The number of ether oxygens (including phenoxy) is 1. The zero-order chi connectivity index (χ0) is 26.2. The summed E-state index contributed by atoms with van der Waals surface area (Å²) in [6, 6.07) is 11.1. The first-order valence-corrected chi connectivity index (χ1v) is 12.8. The second-order valence-corrected chi connectivity index (χ2v) is 9.87. The smallest absolute Gasteiger partial charge is 0.410 e. The number of likely N-dealkylation sites (tertiary alicyclic amines) is 1. The van der Waals surface area contributed by atoms with Gasteiger partial charge in [0.25, 0.3) is 0 Å². The maximum absolute atomic E-state index is 14.6. The fourth-order valence-electron chi connectivity index (χ4n) is 5.75. The van der Waals surface area contributed by atoms with Crippen LogP contribution < -0.4 is 5.11 Å². The van der Waals surface area contributed by atoms with Crippen LogP contribution >= 0.6 is 0 Å². The lowest BCUT2D eigenvalue weighted by molar-refractivity contribution is -0.286. The molecule has 8 nitrogen and oxygen atoms in total. The van der Waals surface area contributed by atoms with E-state index in [1.165, 1.54) is 6.07 Å². The van der Waals surface area contributed by atoms with Gasteiger partial charge >= 0.3 is 6.09 Å². The second kappa shape index (κ2) is 10.00. The minimum atomic E-state index is -0.867. The van der Waals surface area contributed by atoms with Gasteiger partial charge in [-0.05, 0) is 73.4 Å². The molecule has 0 radical (unpaired) electrons. The summed E-state index contributed by atoms with van der Waals surface area (Å²) in [6.07, 6.45) is 4.85. The van der Waals surface area contributed by atoms with E-state index in [1.807, 2.05) is 12.1 Å². The van der Waals surface area contributed by atoms with E-state index in [2.05, 4.69) is 15.0 Å². The fraction of sp³-hybridized carbons (Fsp3) is 0.357. The molecule has 1 aromatic carbocycles. The van der Waals surface area contributed by atoms with Crippen LogP contribution in [-0.2, 0) is 11.2 Å². The van der Waals surface area contributed by atoms with Crippen molar-refractivity contribution >= 4 is 17.3 Å². The first-order valence-electron chi connectivity index (χ1n) is 12.8. The zero-order valence-corrected chi connectivity index (χ0v) is 20.6. The number of pyridine rings is 2. The van der Waals surface area contributed by atoms with Crippen molar-refractivity contribution in [3.8, 4) is 6.01 Å². The van der Waals surface area contributed by atoms with Gasteiger partial charge in [0.05, 0.1) is 17.2 Å². The number of halogens is 2. The highest BCUT2D eigenvalue weighted by Gasteiger charge is 2.32. The van der Waals surface area contributed by atoms with Crippen LogP contribution in [0.25, 0.3) is 11.2 Å². The van der Waals surface area contributed by atoms with Crippen molar-refractivity contribution in [2.45, 2.75) is 50.2 Å². The molecule has 0 spiro atoms. The van der Waals surface area contributed by atoms with Crippen LogP contribution in [0.3, 0.4) is 0 Å². The Balaban J connectivity index is 1.15. The molecule has 0 N–H and O–H groups in total. The maximum Gasteiger partial charge on any atom is 0.410 e. The minimum absolute atomic E-state index is 0.0806. The van der Waals surface area contributed by atoms with Crippen molar-refractivity contribution in [2.24, 2.45) is 0 Å². The standard InChI is InChI=1S/C28H27F2N5O3/c29-21-6-1-5-20(24(21)30)17-8-9-23(25-18(16-17)4-2-12-31-25)38-28(37)34-14-10-19(11-15-34)35-22-7-3-13-32-26(22)33-27(35)36/h1-7,12-13,17,19,23H,8-11,14-16H2,(H,32,33,36)/p-1/t17-,23-/m1/s1. The molecule has 0 unspecified atom stereocenters. The summed E-state index contributed by atoms with van der Waals surface area (Å²) in [7, 11) is 0. The van der Waals surface area contributed by atoms with Crippen LogP contribution in [0, 0.1) is 11.6 Å². The van der Waals surface area contributed by atoms with Crippen LogP contribution in [0.15, 0.2) is 54.9 Å². The molecule has 1 saturated heterocycles. The number of fused-ring (bicyclic) bond motifs is 2. The van der Waals surface area contributed by atoms with Crippen molar-refractivity contribution in [3.05, 3.63) is 83.3 Å². The van der Waals surface area contributed by atoms with E-state index in [0.29, 0.717) is 67.6 Å². The number of nitrogens with zero attached hydrogens (tertiary/aromatic N) is 5. The highest BCUT2D eigenvalue weighted by Crippen LogP contribution is 2.39. The third-order valence-corrected chi connectivity index (χ3v) is 7.66. The Morgan fingerprint density at radius 2 is 1.76 bits per heavy atom. The molecule has 38 heavy (non-hydrogen) atoms. The van der Waals surface area contributed by atoms with Gasteiger partial charge in [-0.15, -0.1) is 0 Å². The van der Waals surface area contributed by atoms with E-state index in [9.17, 15) is 18.7 Å². The van der Waals surface area contributed by atoms with Crippen molar-refractivity contribution in [1.29, 1.82) is 0 Å².